The monoisotopic (exact) mass is 515 g/mol. The number of nitrogens with zero attached hydrogens (tertiary/aromatic N) is 3. The number of H-pyrrole nitrogens is 1. The van der Waals surface area contributed by atoms with E-state index in [0.29, 0.717) is 30.3 Å². The summed E-state index contributed by atoms with van der Waals surface area (Å²) >= 11 is 0. The fraction of sp³-hybridized carbons (Fsp3) is 0.276. The summed E-state index contributed by atoms with van der Waals surface area (Å²) in [5.41, 5.74) is 9.10. The first kappa shape index (κ1) is 25.3. The number of halogens is 1. The topological polar surface area (TPSA) is 106 Å². The minimum absolute atomic E-state index is 0.129. The lowest BCUT2D eigenvalue weighted by Crippen LogP contribution is -2.40. The van der Waals surface area contributed by atoms with Crippen LogP contribution in [0.4, 0.5) is 4.39 Å². The zero-order valence-electron chi connectivity index (χ0n) is 21.4. The van der Waals surface area contributed by atoms with Crippen LogP contribution in [0, 0.1) is 11.7 Å². The van der Waals surface area contributed by atoms with Crippen molar-refractivity contribution >= 4 is 17.5 Å². The van der Waals surface area contributed by atoms with E-state index in [-0.39, 0.29) is 29.3 Å². The van der Waals surface area contributed by atoms with E-state index in [2.05, 4.69) is 10.1 Å². The van der Waals surface area contributed by atoms with E-state index in [1.165, 1.54) is 12.1 Å². The number of hydrogen-bond donors (Lipinski definition) is 2. The molecule has 0 bridgehead atoms. The summed E-state index contributed by atoms with van der Waals surface area (Å²) in [4.78, 5) is 30.5. The molecule has 1 fully saturated rings. The van der Waals surface area contributed by atoms with Crippen molar-refractivity contribution in [2.45, 2.75) is 32.6 Å². The summed E-state index contributed by atoms with van der Waals surface area (Å²) in [6, 6.07) is 13.0. The lowest BCUT2D eigenvalue weighted by Gasteiger charge is -2.32. The van der Waals surface area contributed by atoms with Crippen LogP contribution in [0.25, 0.3) is 16.9 Å². The van der Waals surface area contributed by atoms with Crippen molar-refractivity contribution < 1.29 is 18.7 Å². The molecule has 1 unspecified atom stereocenters. The molecule has 196 valence electrons. The van der Waals surface area contributed by atoms with Gasteiger partial charge in [0, 0.05) is 24.2 Å². The van der Waals surface area contributed by atoms with Crippen molar-refractivity contribution in [3.05, 3.63) is 84.0 Å². The highest BCUT2D eigenvalue weighted by Gasteiger charge is 2.29. The number of carbonyl (C=O) groups excluding carboxylic acids is 2. The minimum Gasteiger partial charge on any atom is -0.457 e. The number of aromatic nitrogens is 3. The van der Waals surface area contributed by atoms with E-state index in [9.17, 15) is 14.0 Å². The molecule has 5 rings (SSSR count). The van der Waals surface area contributed by atoms with E-state index >= 15 is 0 Å². The molecule has 1 aliphatic heterocycles. The van der Waals surface area contributed by atoms with Gasteiger partial charge in [-0.15, -0.1) is 0 Å². The SMILES string of the molecule is C/C=C/C(C)C(=O)N1CCC(c2cnn3c(C(N)=O)c(-c4ccc(Oc5ccc(F)cc5)cc4)[nH]c23)CC1. The number of benzene rings is 2. The van der Waals surface area contributed by atoms with Crippen molar-refractivity contribution in [3.8, 4) is 22.8 Å². The fourth-order valence-corrected chi connectivity index (χ4v) is 5.07. The predicted octanol–water partition coefficient (Wildman–Crippen LogP) is 5.28. The molecule has 0 aliphatic carbocycles. The van der Waals surface area contributed by atoms with Gasteiger partial charge >= 0.3 is 0 Å². The number of amides is 2. The second-order valence-corrected chi connectivity index (χ2v) is 9.57. The summed E-state index contributed by atoms with van der Waals surface area (Å²) in [6.07, 6.45) is 7.23. The van der Waals surface area contributed by atoms with Crippen LogP contribution in [-0.2, 0) is 4.79 Å². The Morgan fingerprint density at radius 1 is 1.11 bits per heavy atom. The van der Waals surface area contributed by atoms with Gasteiger partial charge in [-0.3, -0.25) is 9.59 Å². The highest BCUT2D eigenvalue weighted by Crippen LogP contribution is 2.34. The van der Waals surface area contributed by atoms with Crippen molar-refractivity contribution in [2.24, 2.45) is 11.7 Å². The number of aromatic amines is 1. The maximum atomic E-state index is 13.2. The van der Waals surface area contributed by atoms with Crippen molar-refractivity contribution in [1.82, 2.24) is 19.5 Å². The molecule has 1 aliphatic rings. The van der Waals surface area contributed by atoms with Gasteiger partial charge in [-0.25, -0.2) is 8.91 Å². The zero-order valence-corrected chi connectivity index (χ0v) is 21.4. The second kappa shape index (κ2) is 10.5. The molecule has 2 aromatic carbocycles. The third-order valence-electron chi connectivity index (χ3n) is 7.03. The lowest BCUT2D eigenvalue weighted by molar-refractivity contribution is -0.134. The summed E-state index contributed by atoms with van der Waals surface area (Å²) in [6.45, 7) is 5.19. The highest BCUT2D eigenvalue weighted by molar-refractivity contribution is 5.98. The van der Waals surface area contributed by atoms with Gasteiger partial charge in [-0.2, -0.15) is 5.10 Å². The van der Waals surface area contributed by atoms with Crippen molar-refractivity contribution in [1.29, 1.82) is 0 Å². The molecule has 0 radical (unpaired) electrons. The number of carbonyl (C=O) groups is 2. The first-order chi connectivity index (χ1) is 18.4. The van der Waals surface area contributed by atoms with E-state index in [1.54, 1.807) is 35.0 Å². The number of ether oxygens (including phenoxy) is 1. The smallest absolute Gasteiger partial charge is 0.269 e. The first-order valence-corrected chi connectivity index (χ1v) is 12.7. The van der Waals surface area contributed by atoms with Crippen LogP contribution < -0.4 is 10.5 Å². The van der Waals surface area contributed by atoms with Crippen LogP contribution in [0.1, 0.15) is 48.7 Å². The Morgan fingerprint density at radius 2 is 1.74 bits per heavy atom. The molecule has 2 amide bonds. The number of allylic oxidation sites excluding steroid dienone is 1. The number of piperidine rings is 1. The van der Waals surface area contributed by atoms with Gasteiger partial charge in [0.05, 0.1) is 17.8 Å². The number of hydrogen-bond acceptors (Lipinski definition) is 4. The van der Waals surface area contributed by atoms with Crippen LogP contribution in [0.2, 0.25) is 0 Å². The molecule has 8 nitrogen and oxygen atoms in total. The van der Waals surface area contributed by atoms with Gasteiger partial charge in [-0.05, 0) is 74.2 Å². The molecule has 3 heterocycles. The molecule has 4 aromatic rings. The Kier molecular flexibility index (Phi) is 7.00. The Morgan fingerprint density at radius 3 is 2.34 bits per heavy atom. The Hall–Kier alpha value is -4.40. The predicted molar refractivity (Wildman–Crippen MR) is 143 cm³/mol. The van der Waals surface area contributed by atoms with Gasteiger partial charge in [0.2, 0.25) is 5.91 Å². The Bertz CT molecular complexity index is 1480. The molecule has 3 N–H and O–H groups in total. The second-order valence-electron chi connectivity index (χ2n) is 9.57. The number of fused-ring (bicyclic) bond motifs is 1. The number of nitrogens with two attached hydrogens (primary N) is 1. The summed E-state index contributed by atoms with van der Waals surface area (Å²) < 4.78 is 20.5. The molecule has 1 atom stereocenters. The molecular weight excluding hydrogens is 485 g/mol. The van der Waals surface area contributed by atoms with Gasteiger partial charge in [0.15, 0.2) is 5.69 Å². The van der Waals surface area contributed by atoms with Gasteiger partial charge in [-0.1, -0.05) is 19.1 Å². The number of rotatable bonds is 7. The molecule has 1 saturated heterocycles. The molecule has 0 saturated carbocycles. The van der Waals surface area contributed by atoms with E-state index in [4.69, 9.17) is 10.5 Å². The van der Waals surface area contributed by atoms with Crippen LogP contribution >= 0.6 is 0 Å². The lowest BCUT2D eigenvalue weighted by atomic mass is 9.90. The summed E-state index contributed by atoms with van der Waals surface area (Å²) in [5, 5.41) is 4.49. The largest absolute Gasteiger partial charge is 0.457 e. The van der Waals surface area contributed by atoms with E-state index in [0.717, 1.165) is 29.6 Å². The quantitative estimate of drug-likeness (QED) is 0.327. The van der Waals surface area contributed by atoms with E-state index < -0.39 is 5.91 Å². The van der Waals surface area contributed by atoms with Gasteiger partial charge in [0.1, 0.15) is 23.0 Å². The molecule has 38 heavy (non-hydrogen) atoms. The van der Waals surface area contributed by atoms with Gasteiger partial charge < -0.3 is 20.4 Å². The summed E-state index contributed by atoms with van der Waals surface area (Å²) in [5.74, 6) is 0.383. The maximum absolute atomic E-state index is 13.2. The standard InChI is InChI=1S/C29H30FN5O3/c1-3-4-18(2)29(37)34-15-13-19(14-16-34)24-17-32-35-26(27(31)36)25(33-28(24)35)20-5-9-22(10-6-20)38-23-11-7-21(30)8-12-23/h3-12,17-19,33H,13-16H2,1-2H3,(H2,31,36)/b4-3+. The third kappa shape index (κ3) is 4.91. The van der Waals surface area contributed by atoms with E-state index in [1.807, 2.05) is 43.0 Å². The average molecular weight is 516 g/mol. The molecule has 9 heteroatoms. The van der Waals surface area contributed by atoms with Crippen molar-refractivity contribution in [3.63, 3.8) is 0 Å². The van der Waals surface area contributed by atoms with Crippen LogP contribution in [0.3, 0.4) is 0 Å². The number of nitrogens with one attached hydrogen (secondary N) is 1. The van der Waals surface area contributed by atoms with Crippen LogP contribution in [0.5, 0.6) is 11.5 Å². The molecular formula is C29H30FN5O3. The van der Waals surface area contributed by atoms with Crippen LogP contribution in [0.15, 0.2) is 66.9 Å². The average Bonchev–Trinajstić information content (AvgIpc) is 3.50. The highest BCUT2D eigenvalue weighted by atomic mass is 19.1. The van der Waals surface area contributed by atoms with Crippen molar-refractivity contribution in [2.75, 3.05) is 13.1 Å². The zero-order chi connectivity index (χ0) is 26.8. The Labute approximate surface area is 219 Å². The van der Waals surface area contributed by atoms with Crippen LogP contribution in [-0.4, -0.2) is 44.4 Å². The third-order valence-corrected chi connectivity index (χ3v) is 7.03. The number of imidazole rings is 1. The first-order valence-electron chi connectivity index (χ1n) is 12.7. The van der Waals surface area contributed by atoms with Gasteiger partial charge in [0.25, 0.3) is 5.91 Å². The fourth-order valence-electron chi connectivity index (χ4n) is 5.07. The maximum Gasteiger partial charge on any atom is 0.269 e. The molecule has 0 spiro atoms. The Balaban J connectivity index is 1.37. The molecule has 2 aromatic heterocycles. The summed E-state index contributed by atoms with van der Waals surface area (Å²) in [7, 11) is 0. The minimum atomic E-state index is -0.592. The number of primary amides is 1. The normalized spacial score (nSPS) is 15.3. The number of likely N-dealkylation sites (tertiary alicyclic amines) is 1.